The van der Waals surface area contributed by atoms with Crippen LogP contribution in [0.15, 0.2) is 27.6 Å². The molecule has 1 unspecified atom stereocenters. The number of hydrogen-bond donors (Lipinski definition) is 1. The zero-order valence-electron chi connectivity index (χ0n) is 18.8. The number of sulfone groups is 1. The van der Waals surface area contributed by atoms with Gasteiger partial charge in [0, 0.05) is 38.4 Å². The number of nitrogens with one attached hydrogen (secondary N) is 1. The van der Waals surface area contributed by atoms with Crippen LogP contribution in [0.4, 0.5) is 24.8 Å². The number of hydrogen-bond acceptors (Lipinski definition) is 8. The number of carbonyl (C=O) groups is 1. The minimum absolute atomic E-state index is 0.0449. The number of amides is 1. The van der Waals surface area contributed by atoms with Crippen molar-refractivity contribution in [2.45, 2.75) is 55.5 Å². The molecular weight excluding hydrogens is 475 g/mol. The van der Waals surface area contributed by atoms with E-state index in [0.717, 1.165) is 12.3 Å². The van der Waals surface area contributed by atoms with Gasteiger partial charge in [-0.1, -0.05) is 6.92 Å². The highest BCUT2D eigenvalue weighted by Gasteiger charge is 2.39. The molecule has 0 saturated carbocycles. The summed E-state index contributed by atoms with van der Waals surface area (Å²) in [6.07, 6.45) is 2.24. The fourth-order valence-corrected chi connectivity index (χ4v) is 4.88. The number of rotatable bonds is 7. The third-order valence-corrected chi connectivity index (χ3v) is 7.41. The average molecular weight is 502 g/mol. The highest BCUT2D eigenvalue weighted by Crippen LogP contribution is 2.32. The molecule has 1 aromatic carbocycles. The van der Waals surface area contributed by atoms with Crippen molar-refractivity contribution in [3.8, 4) is 0 Å². The molecule has 34 heavy (non-hydrogen) atoms. The summed E-state index contributed by atoms with van der Waals surface area (Å²) in [6, 6.07) is 2.89. The van der Waals surface area contributed by atoms with Crippen molar-refractivity contribution in [2.24, 2.45) is 0 Å². The van der Waals surface area contributed by atoms with Gasteiger partial charge in [0.2, 0.25) is 5.91 Å². The Labute approximate surface area is 195 Å². The maximum atomic E-state index is 14.4. The van der Waals surface area contributed by atoms with E-state index in [9.17, 15) is 26.4 Å². The highest BCUT2D eigenvalue weighted by atomic mass is 32.2. The van der Waals surface area contributed by atoms with E-state index in [-0.39, 0.29) is 28.5 Å². The fourth-order valence-electron chi connectivity index (χ4n) is 4.25. The van der Waals surface area contributed by atoms with Gasteiger partial charge in [-0.15, -0.1) is 0 Å². The number of anilines is 2. The summed E-state index contributed by atoms with van der Waals surface area (Å²) in [4.78, 5) is 20.2. The summed E-state index contributed by atoms with van der Waals surface area (Å²) in [7, 11) is -3.53. The number of benzene rings is 1. The van der Waals surface area contributed by atoms with Crippen LogP contribution in [0.3, 0.4) is 0 Å². The van der Waals surface area contributed by atoms with Crippen molar-refractivity contribution in [3.63, 3.8) is 0 Å². The zero-order chi connectivity index (χ0) is 24.7. The molecule has 0 radical (unpaired) electrons. The molecule has 2 aromatic rings. The molecule has 1 aromatic heterocycles. The molecule has 2 aliphatic rings. The molecule has 3 heterocycles. The number of nitrogens with zero attached hydrogens (tertiary/aromatic N) is 4. The molecule has 9 nitrogen and oxygen atoms in total. The molecular formula is C21H26F3N5O4S. The minimum Gasteiger partial charge on any atom is -0.371 e. The number of likely N-dealkylation sites (tertiary alicyclic amines) is 1. The molecule has 4 rings (SSSR count). The maximum Gasteiger partial charge on any atom is 0.324 e. The van der Waals surface area contributed by atoms with Crippen LogP contribution in [-0.2, 0) is 20.6 Å². The van der Waals surface area contributed by atoms with Crippen LogP contribution in [0.5, 0.6) is 0 Å². The molecule has 2 fully saturated rings. The van der Waals surface area contributed by atoms with Gasteiger partial charge in [0.05, 0.1) is 10.6 Å². The Morgan fingerprint density at radius 1 is 1.21 bits per heavy atom. The standard InChI is InChI=1S/C21H26F3N5O4S/c1-3-21(23,24)19-26-20(27-33-19)28-9-6-13(7-10-28)29-11-8-17(18(29)30)25-16-5-4-14(12-15(16)22)34(2,31)32/h4-5,12-13,17,25H,3,6-11H2,1-2H3. The first-order valence-electron chi connectivity index (χ1n) is 11.0. The molecule has 0 bridgehead atoms. The van der Waals surface area contributed by atoms with E-state index in [0.29, 0.717) is 38.9 Å². The van der Waals surface area contributed by atoms with E-state index in [1.807, 2.05) is 0 Å². The lowest BCUT2D eigenvalue weighted by molar-refractivity contribution is -0.130. The summed E-state index contributed by atoms with van der Waals surface area (Å²) in [5, 5.41) is 6.56. The number of carbonyl (C=O) groups excluding carboxylic acids is 1. The molecule has 1 N–H and O–H groups in total. The maximum absolute atomic E-state index is 14.4. The van der Waals surface area contributed by atoms with Crippen LogP contribution in [0.1, 0.15) is 38.5 Å². The van der Waals surface area contributed by atoms with Gasteiger partial charge >= 0.3 is 5.92 Å². The first kappa shape index (κ1) is 24.3. The second-order valence-corrected chi connectivity index (χ2v) is 10.6. The summed E-state index contributed by atoms with van der Waals surface area (Å²) < 4.78 is 69.8. The highest BCUT2D eigenvalue weighted by molar-refractivity contribution is 7.90. The van der Waals surface area contributed by atoms with Gasteiger partial charge in [0.1, 0.15) is 11.9 Å². The van der Waals surface area contributed by atoms with E-state index in [2.05, 4.69) is 15.5 Å². The quantitative estimate of drug-likeness (QED) is 0.617. The smallest absolute Gasteiger partial charge is 0.324 e. The van der Waals surface area contributed by atoms with Crippen LogP contribution in [-0.4, -0.2) is 67.3 Å². The predicted octanol–water partition coefficient (Wildman–Crippen LogP) is 2.80. The van der Waals surface area contributed by atoms with Crippen molar-refractivity contribution in [1.82, 2.24) is 15.0 Å². The van der Waals surface area contributed by atoms with E-state index < -0.39 is 39.9 Å². The summed E-state index contributed by atoms with van der Waals surface area (Å²) in [5.74, 6) is -4.66. The molecule has 0 aliphatic carbocycles. The largest absolute Gasteiger partial charge is 0.371 e. The molecule has 186 valence electrons. The van der Waals surface area contributed by atoms with Crippen molar-refractivity contribution in [1.29, 1.82) is 0 Å². The summed E-state index contributed by atoms with van der Waals surface area (Å²) in [5.41, 5.74) is 0.0687. The SMILES string of the molecule is CCC(F)(F)c1nc(N2CCC(N3CCC(Nc4ccc(S(C)(=O)=O)cc4F)C3=O)CC2)no1. The lowest BCUT2D eigenvalue weighted by Crippen LogP contribution is -2.47. The van der Waals surface area contributed by atoms with Crippen LogP contribution < -0.4 is 10.2 Å². The van der Waals surface area contributed by atoms with E-state index in [1.54, 1.807) is 9.80 Å². The number of halogens is 3. The number of piperidine rings is 1. The Hall–Kier alpha value is -2.83. The van der Waals surface area contributed by atoms with Crippen LogP contribution in [0, 0.1) is 5.82 Å². The van der Waals surface area contributed by atoms with E-state index in [1.165, 1.54) is 19.1 Å². The predicted molar refractivity (Wildman–Crippen MR) is 117 cm³/mol. The van der Waals surface area contributed by atoms with Gasteiger partial charge in [-0.3, -0.25) is 4.79 Å². The van der Waals surface area contributed by atoms with Gasteiger partial charge in [0.25, 0.3) is 11.8 Å². The monoisotopic (exact) mass is 501 g/mol. The second kappa shape index (κ2) is 9.08. The fraction of sp³-hybridized carbons (Fsp3) is 0.571. The zero-order valence-corrected chi connectivity index (χ0v) is 19.6. The minimum atomic E-state index is -3.53. The van der Waals surface area contributed by atoms with Crippen LogP contribution in [0.2, 0.25) is 0 Å². The normalized spacial score (nSPS) is 20.3. The first-order valence-corrected chi connectivity index (χ1v) is 12.9. The molecule has 0 spiro atoms. The Morgan fingerprint density at radius 3 is 2.53 bits per heavy atom. The van der Waals surface area contributed by atoms with Gasteiger partial charge in [-0.05, 0) is 42.6 Å². The molecule has 13 heteroatoms. The van der Waals surface area contributed by atoms with Crippen molar-refractivity contribution in [2.75, 3.05) is 36.1 Å². The Morgan fingerprint density at radius 2 is 1.91 bits per heavy atom. The molecule has 2 saturated heterocycles. The third-order valence-electron chi connectivity index (χ3n) is 6.30. The van der Waals surface area contributed by atoms with E-state index >= 15 is 0 Å². The van der Waals surface area contributed by atoms with Crippen molar-refractivity contribution in [3.05, 3.63) is 29.9 Å². The number of aromatic nitrogens is 2. The van der Waals surface area contributed by atoms with Gasteiger partial charge in [-0.2, -0.15) is 13.8 Å². The van der Waals surface area contributed by atoms with Gasteiger partial charge in [0.15, 0.2) is 9.84 Å². The Bertz CT molecular complexity index is 1160. The van der Waals surface area contributed by atoms with Crippen LogP contribution >= 0.6 is 0 Å². The first-order chi connectivity index (χ1) is 16.0. The second-order valence-electron chi connectivity index (χ2n) is 8.61. The van der Waals surface area contributed by atoms with E-state index in [4.69, 9.17) is 4.52 Å². The van der Waals surface area contributed by atoms with Gasteiger partial charge in [-0.25, -0.2) is 12.8 Å². The number of alkyl halides is 2. The lowest BCUT2D eigenvalue weighted by atomic mass is 10.0. The third kappa shape index (κ3) is 4.84. The van der Waals surface area contributed by atoms with Crippen molar-refractivity contribution >= 4 is 27.4 Å². The van der Waals surface area contributed by atoms with Crippen LogP contribution in [0.25, 0.3) is 0 Å². The average Bonchev–Trinajstić information content (AvgIpc) is 3.43. The topological polar surface area (TPSA) is 109 Å². The Balaban J connectivity index is 1.34. The van der Waals surface area contributed by atoms with Crippen molar-refractivity contribution < 1.29 is 30.9 Å². The molecule has 1 amide bonds. The van der Waals surface area contributed by atoms with Gasteiger partial charge < -0.3 is 19.6 Å². The lowest BCUT2D eigenvalue weighted by Gasteiger charge is -2.36. The molecule has 1 atom stereocenters. The summed E-state index contributed by atoms with van der Waals surface area (Å²) in [6.45, 7) is 2.79. The Kier molecular flexibility index (Phi) is 6.49. The molecule has 2 aliphatic heterocycles. The summed E-state index contributed by atoms with van der Waals surface area (Å²) >= 11 is 0.